The Hall–Kier alpha value is -6.30. The Labute approximate surface area is 335 Å². The zero-order valence-electron chi connectivity index (χ0n) is 30.5. The van der Waals surface area contributed by atoms with Gasteiger partial charge >= 0.3 is 7.12 Å². The molecule has 0 radical (unpaired) electrons. The summed E-state index contributed by atoms with van der Waals surface area (Å²) in [6.45, 7) is 0. The second kappa shape index (κ2) is 15.4. The van der Waals surface area contributed by atoms with Gasteiger partial charge in [-0.05, 0) is 121 Å². The van der Waals surface area contributed by atoms with Gasteiger partial charge in [-0.1, -0.05) is 194 Å². The van der Waals surface area contributed by atoms with Crippen LogP contribution < -0.4 is 5.46 Å². The van der Waals surface area contributed by atoms with E-state index in [1.165, 1.54) is 43.8 Å². The molecule has 0 bridgehead atoms. The van der Waals surface area contributed by atoms with Crippen LogP contribution in [0.15, 0.2) is 211 Å². The molecule has 0 aromatic heterocycles. The van der Waals surface area contributed by atoms with Crippen LogP contribution in [-0.2, 0) is 0 Å². The van der Waals surface area contributed by atoms with E-state index in [0.717, 1.165) is 48.3 Å². The Balaban J connectivity index is 0.000000147. The first kappa shape index (κ1) is 35.4. The zero-order chi connectivity index (χ0) is 38.0. The van der Waals surface area contributed by atoms with Crippen LogP contribution in [0.1, 0.15) is 0 Å². The molecule has 0 aliphatic heterocycles. The van der Waals surface area contributed by atoms with Gasteiger partial charge < -0.3 is 10.0 Å². The lowest BCUT2D eigenvalue weighted by atomic mass is 9.72. The number of hydrogen-bond donors (Lipinski definition) is 2. The second-order valence-electron chi connectivity index (χ2n) is 13.9. The Morgan fingerprint density at radius 3 is 1.07 bits per heavy atom. The van der Waals surface area contributed by atoms with Crippen molar-refractivity contribution in [3.8, 4) is 44.5 Å². The molecule has 0 fully saturated rings. The molecule has 56 heavy (non-hydrogen) atoms. The van der Waals surface area contributed by atoms with Crippen molar-refractivity contribution in [2.45, 2.75) is 0 Å². The summed E-state index contributed by atoms with van der Waals surface area (Å²) in [6, 6.07) is 71.4. The van der Waals surface area contributed by atoms with Crippen molar-refractivity contribution in [3.05, 3.63) is 211 Å². The molecule has 0 atom stereocenters. The number of fused-ring (bicyclic) bond motifs is 4. The van der Waals surface area contributed by atoms with Crippen molar-refractivity contribution in [1.29, 1.82) is 0 Å². The lowest BCUT2D eigenvalue weighted by Gasteiger charge is -2.18. The first-order valence-corrected chi connectivity index (χ1v) is 19.6. The van der Waals surface area contributed by atoms with Gasteiger partial charge in [0.15, 0.2) is 0 Å². The summed E-state index contributed by atoms with van der Waals surface area (Å²) in [5.74, 6) is 0. The lowest BCUT2D eigenvalue weighted by molar-refractivity contribution is 0.426. The molecule has 0 heterocycles. The van der Waals surface area contributed by atoms with E-state index in [0.29, 0.717) is 5.46 Å². The monoisotopic (exact) mass is 782 g/mol. The van der Waals surface area contributed by atoms with E-state index in [9.17, 15) is 10.0 Å². The molecule has 10 aromatic carbocycles. The maximum Gasteiger partial charge on any atom is 0.489 e. The standard InChI is InChI=1S/C26H19BO2.C26H17Br/c28-27(29)26-22-14-8-7-13-21(22)25(19-11-5-2-6-12-19)24-17-20(15-16-23(24)26)18-9-3-1-4-10-18;27-26-22-14-8-7-13-21(22)25(19-11-5-2-6-12-19)24-17-20(15-16-23(24)26)18-9-3-1-4-10-18/h1-17,28-29H;1-17H. The highest BCUT2D eigenvalue weighted by Crippen LogP contribution is 2.43. The first-order valence-electron chi connectivity index (χ1n) is 18.8. The van der Waals surface area contributed by atoms with E-state index in [1.54, 1.807) is 0 Å². The van der Waals surface area contributed by atoms with Gasteiger partial charge in [0.05, 0.1) is 0 Å². The fourth-order valence-electron chi connectivity index (χ4n) is 8.07. The Bertz CT molecular complexity index is 2990. The van der Waals surface area contributed by atoms with Gasteiger partial charge in [0.25, 0.3) is 0 Å². The quantitative estimate of drug-likeness (QED) is 0.135. The van der Waals surface area contributed by atoms with Crippen LogP contribution in [0.3, 0.4) is 0 Å². The fraction of sp³-hybridized carbons (Fsp3) is 0. The maximum atomic E-state index is 10.2. The first-order chi connectivity index (χ1) is 27.6. The van der Waals surface area contributed by atoms with Crippen LogP contribution >= 0.6 is 15.9 Å². The average molecular weight is 784 g/mol. The van der Waals surface area contributed by atoms with Gasteiger partial charge in [0.1, 0.15) is 0 Å². The molecule has 0 saturated heterocycles. The number of benzene rings is 10. The highest BCUT2D eigenvalue weighted by molar-refractivity contribution is 9.10. The average Bonchev–Trinajstić information content (AvgIpc) is 3.26. The van der Waals surface area contributed by atoms with Crippen molar-refractivity contribution in [1.82, 2.24) is 0 Å². The molecular weight excluding hydrogens is 747 g/mol. The summed E-state index contributed by atoms with van der Waals surface area (Å²) in [4.78, 5) is 0. The van der Waals surface area contributed by atoms with Crippen molar-refractivity contribution < 1.29 is 10.0 Å². The van der Waals surface area contributed by atoms with Gasteiger partial charge in [-0.3, -0.25) is 0 Å². The van der Waals surface area contributed by atoms with Gasteiger partial charge in [-0.2, -0.15) is 0 Å². The summed E-state index contributed by atoms with van der Waals surface area (Å²) in [5.41, 5.74) is 10.0. The predicted octanol–water partition coefficient (Wildman–Crippen LogP) is 13.1. The van der Waals surface area contributed by atoms with Crippen molar-refractivity contribution in [3.63, 3.8) is 0 Å². The van der Waals surface area contributed by atoms with Gasteiger partial charge in [0.2, 0.25) is 0 Å². The SMILES string of the molecule is Brc1c2ccccc2c(-c2ccccc2)c2cc(-c3ccccc3)ccc12.OB(O)c1c2ccccc2c(-c2ccccc2)c2cc(-c3ccccc3)ccc12. The summed E-state index contributed by atoms with van der Waals surface area (Å²) < 4.78 is 1.16. The van der Waals surface area contributed by atoms with Gasteiger partial charge in [-0.15, -0.1) is 0 Å². The molecule has 2 nitrogen and oxygen atoms in total. The van der Waals surface area contributed by atoms with E-state index >= 15 is 0 Å². The van der Waals surface area contributed by atoms with E-state index < -0.39 is 7.12 Å². The normalized spacial score (nSPS) is 11.1. The molecule has 0 aliphatic rings. The third kappa shape index (κ3) is 6.59. The van der Waals surface area contributed by atoms with Crippen LogP contribution in [0, 0.1) is 0 Å². The number of rotatable bonds is 5. The molecule has 4 heteroatoms. The highest BCUT2D eigenvalue weighted by Gasteiger charge is 2.23. The molecule has 266 valence electrons. The molecule has 10 aromatic rings. The van der Waals surface area contributed by atoms with Crippen LogP contribution in [-0.4, -0.2) is 17.2 Å². The largest absolute Gasteiger partial charge is 0.489 e. The topological polar surface area (TPSA) is 40.5 Å². The van der Waals surface area contributed by atoms with Crippen LogP contribution in [0.5, 0.6) is 0 Å². The molecule has 2 N–H and O–H groups in total. The molecular formula is C52H36BBrO2. The predicted molar refractivity (Wildman–Crippen MR) is 242 cm³/mol. The smallest absolute Gasteiger partial charge is 0.423 e. The van der Waals surface area contributed by atoms with Crippen LogP contribution in [0.4, 0.5) is 0 Å². The molecule has 0 aliphatic carbocycles. The van der Waals surface area contributed by atoms with E-state index in [4.69, 9.17) is 0 Å². The third-order valence-electron chi connectivity index (χ3n) is 10.6. The van der Waals surface area contributed by atoms with E-state index in [2.05, 4.69) is 155 Å². The fourth-order valence-corrected chi connectivity index (χ4v) is 8.76. The molecule has 10 rings (SSSR count). The lowest BCUT2D eigenvalue weighted by Crippen LogP contribution is -2.31. The van der Waals surface area contributed by atoms with Crippen LogP contribution in [0.25, 0.3) is 87.6 Å². The van der Waals surface area contributed by atoms with Crippen molar-refractivity contribution in [2.24, 2.45) is 0 Å². The number of hydrogen-bond acceptors (Lipinski definition) is 2. The molecule has 0 saturated carbocycles. The molecule has 0 spiro atoms. The zero-order valence-corrected chi connectivity index (χ0v) is 32.1. The van der Waals surface area contributed by atoms with E-state index in [-0.39, 0.29) is 0 Å². The molecule has 0 amide bonds. The summed E-state index contributed by atoms with van der Waals surface area (Å²) in [5, 5.41) is 29.2. The Morgan fingerprint density at radius 2 is 0.607 bits per heavy atom. The summed E-state index contributed by atoms with van der Waals surface area (Å²) in [6.07, 6.45) is 0. The second-order valence-corrected chi connectivity index (χ2v) is 14.7. The van der Waals surface area contributed by atoms with Crippen molar-refractivity contribution in [2.75, 3.05) is 0 Å². The number of halogens is 1. The summed E-state index contributed by atoms with van der Waals surface area (Å²) in [7, 11) is -1.55. The Morgan fingerprint density at radius 1 is 0.286 bits per heavy atom. The maximum absolute atomic E-state index is 10.2. The van der Waals surface area contributed by atoms with Crippen LogP contribution in [0.2, 0.25) is 0 Å². The Kier molecular flexibility index (Phi) is 9.77. The summed E-state index contributed by atoms with van der Waals surface area (Å²) >= 11 is 3.87. The minimum atomic E-state index is -1.55. The minimum absolute atomic E-state index is 0.551. The van der Waals surface area contributed by atoms with Gasteiger partial charge in [0, 0.05) is 4.47 Å². The van der Waals surface area contributed by atoms with E-state index in [1.807, 2.05) is 66.7 Å². The molecule has 0 unspecified atom stereocenters. The highest BCUT2D eigenvalue weighted by atomic mass is 79.9. The minimum Gasteiger partial charge on any atom is -0.423 e. The third-order valence-corrected chi connectivity index (χ3v) is 11.5. The van der Waals surface area contributed by atoms with Gasteiger partial charge in [-0.25, -0.2) is 0 Å². The van der Waals surface area contributed by atoms with Crippen molar-refractivity contribution >= 4 is 71.6 Å².